The van der Waals surface area contributed by atoms with Gasteiger partial charge in [0.2, 0.25) is 5.89 Å². The van der Waals surface area contributed by atoms with Crippen LogP contribution in [0.2, 0.25) is 0 Å². The lowest BCUT2D eigenvalue weighted by molar-refractivity contribution is 0.531. The first kappa shape index (κ1) is 6.15. The standard InChI is InChI=1S/C7H7N3O/c1-5-9-10-7(11-5)6-3-2-4-8-6/h2-4,8H,1H3. The number of rotatable bonds is 1. The summed E-state index contributed by atoms with van der Waals surface area (Å²) in [5.74, 6) is 1.11. The molecule has 0 aliphatic rings. The molecule has 0 fully saturated rings. The molecule has 0 saturated heterocycles. The van der Waals surface area contributed by atoms with Crippen molar-refractivity contribution < 1.29 is 4.42 Å². The van der Waals surface area contributed by atoms with Gasteiger partial charge in [-0.25, -0.2) is 0 Å². The molecule has 0 spiro atoms. The van der Waals surface area contributed by atoms with Crippen molar-refractivity contribution in [3.8, 4) is 11.6 Å². The van der Waals surface area contributed by atoms with E-state index in [-0.39, 0.29) is 0 Å². The third-order valence-electron chi connectivity index (χ3n) is 1.35. The summed E-state index contributed by atoms with van der Waals surface area (Å²) in [4.78, 5) is 2.97. The van der Waals surface area contributed by atoms with Gasteiger partial charge in [-0.3, -0.25) is 0 Å². The number of aromatic nitrogens is 3. The van der Waals surface area contributed by atoms with Gasteiger partial charge in [-0.15, -0.1) is 10.2 Å². The van der Waals surface area contributed by atoms with Gasteiger partial charge in [0.15, 0.2) is 0 Å². The number of nitrogens with zero attached hydrogens (tertiary/aromatic N) is 2. The molecule has 0 aliphatic carbocycles. The Bertz CT molecular complexity index is 336. The van der Waals surface area contributed by atoms with Crippen LogP contribution in [0.25, 0.3) is 11.6 Å². The molecule has 4 heteroatoms. The number of H-pyrrole nitrogens is 1. The SMILES string of the molecule is Cc1nnc(-c2ccc[nH]2)o1. The van der Waals surface area contributed by atoms with Crippen LogP contribution in [0, 0.1) is 6.92 Å². The van der Waals surface area contributed by atoms with Crippen molar-refractivity contribution in [3.63, 3.8) is 0 Å². The fourth-order valence-electron chi connectivity index (χ4n) is 0.869. The van der Waals surface area contributed by atoms with E-state index in [1.54, 1.807) is 6.92 Å². The molecule has 0 atom stereocenters. The fraction of sp³-hybridized carbons (Fsp3) is 0.143. The smallest absolute Gasteiger partial charge is 0.264 e. The lowest BCUT2D eigenvalue weighted by Crippen LogP contribution is -1.75. The Morgan fingerprint density at radius 3 is 2.91 bits per heavy atom. The molecule has 0 unspecified atom stereocenters. The number of nitrogens with one attached hydrogen (secondary N) is 1. The maximum absolute atomic E-state index is 5.17. The van der Waals surface area contributed by atoms with Crippen molar-refractivity contribution in [2.24, 2.45) is 0 Å². The van der Waals surface area contributed by atoms with Crippen LogP contribution in [0.4, 0.5) is 0 Å². The quantitative estimate of drug-likeness (QED) is 0.666. The van der Waals surface area contributed by atoms with Crippen molar-refractivity contribution >= 4 is 0 Å². The van der Waals surface area contributed by atoms with Crippen LogP contribution >= 0.6 is 0 Å². The highest BCUT2D eigenvalue weighted by atomic mass is 16.4. The van der Waals surface area contributed by atoms with Crippen molar-refractivity contribution in [1.29, 1.82) is 0 Å². The minimum atomic E-state index is 0.535. The molecule has 2 heterocycles. The van der Waals surface area contributed by atoms with E-state index in [1.807, 2.05) is 18.3 Å². The van der Waals surface area contributed by atoms with Crippen molar-refractivity contribution in [2.75, 3.05) is 0 Å². The van der Waals surface area contributed by atoms with Gasteiger partial charge < -0.3 is 9.40 Å². The molecule has 4 nitrogen and oxygen atoms in total. The van der Waals surface area contributed by atoms with Crippen LogP contribution in [0.1, 0.15) is 5.89 Å². The number of aromatic amines is 1. The second-order valence-corrected chi connectivity index (χ2v) is 2.21. The predicted octanol–water partition coefficient (Wildman–Crippen LogP) is 1.37. The summed E-state index contributed by atoms with van der Waals surface area (Å²) in [7, 11) is 0. The molecular weight excluding hydrogens is 142 g/mol. The van der Waals surface area contributed by atoms with Crippen LogP contribution in [0.5, 0.6) is 0 Å². The summed E-state index contributed by atoms with van der Waals surface area (Å²) in [6.07, 6.45) is 1.81. The molecule has 2 rings (SSSR count). The fourth-order valence-corrected chi connectivity index (χ4v) is 0.869. The Morgan fingerprint density at radius 1 is 1.45 bits per heavy atom. The normalized spacial score (nSPS) is 10.3. The largest absolute Gasteiger partial charge is 0.420 e. The van der Waals surface area contributed by atoms with E-state index in [2.05, 4.69) is 15.2 Å². The van der Waals surface area contributed by atoms with E-state index in [1.165, 1.54) is 0 Å². The molecule has 0 aliphatic heterocycles. The molecule has 1 N–H and O–H groups in total. The van der Waals surface area contributed by atoms with Crippen molar-refractivity contribution in [1.82, 2.24) is 15.2 Å². The van der Waals surface area contributed by atoms with Crippen LogP contribution in [0.3, 0.4) is 0 Å². The molecule has 56 valence electrons. The zero-order valence-electron chi connectivity index (χ0n) is 6.03. The molecule has 11 heavy (non-hydrogen) atoms. The maximum Gasteiger partial charge on any atom is 0.264 e. The molecule has 0 aromatic carbocycles. The molecule has 0 saturated carbocycles. The van der Waals surface area contributed by atoms with Gasteiger partial charge in [-0.2, -0.15) is 0 Å². The third-order valence-corrected chi connectivity index (χ3v) is 1.35. The first-order valence-corrected chi connectivity index (χ1v) is 3.30. The van der Waals surface area contributed by atoms with Gasteiger partial charge in [-0.05, 0) is 12.1 Å². The second kappa shape index (κ2) is 2.23. The molecule has 2 aromatic heterocycles. The van der Waals surface area contributed by atoms with Gasteiger partial charge in [0.05, 0.1) is 0 Å². The van der Waals surface area contributed by atoms with Crippen molar-refractivity contribution in [2.45, 2.75) is 6.92 Å². The van der Waals surface area contributed by atoms with E-state index >= 15 is 0 Å². The summed E-state index contributed by atoms with van der Waals surface area (Å²) >= 11 is 0. The summed E-state index contributed by atoms with van der Waals surface area (Å²) in [5.41, 5.74) is 0.852. The minimum absolute atomic E-state index is 0.535. The highest BCUT2D eigenvalue weighted by Crippen LogP contribution is 2.13. The molecule has 2 aromatic rings. The van der Waals surface area contributed by atoms with Gasteiger partial charge in [0, 0.05) is 13.1 Å². The lowest BCUT2D eigenvalue weighted by Gasteiger charge is -1.84. The Kier molecular flexibility index (Phi) is 1.25. The zero-order valence-corrected chi connectivity index (χ0v) is 6.03. The van der Waals surface area contributed by atoms with Crippen LogP contribution in [0.15, 0.2) is 22.7 Å². The average Bonchev–Trinajstić information content (AvgIpc) is 2.55. The van der Waals surface area contributed by atoms with Gasteiger partial charge >= 0.3 is 0 Å². The Morgan fingerprint density at radius 2 is 2.36 bits per heavy atom. The molecular formula is C7H7N3O. The van der Waals surface area contributed by atoms with E-state index in [4.69, 9.17) is 4.42 Å². The molecule has 0 amide bonds. The number of hydrogen-bond acceptors (Lipinski definition) is 3. The minimum Gasteiger partial charge on any atom is -0.420 e. The Balaban J connectivity index is 2.45. The van der Waals surface area contributed by atoms with Crippen LogP contribution < -0.4 is 0 Å². The third kappa shape index (κ3) is 1.02. The predicted molar refractivity (Wildman–Crippen MR) is 38.8 cm³/mol. The van der Waals surface area contributed by atoms with Gasteiger partial charge in [0.1, 0.15) is 5.69 Å². The topological polar surface area (TPSA) is 54.7 Å². The molecule has 0 bridgehead atoms. The highest BCUT2D eigenvalue weighted by molar-refractivity contribution is 5.45. The second-order valence-electron chi connectivity index (χ2n) is 2.21. The first-order chi connectivity index (χ1) is 5.36. The van der Waals surface area contributed by atoms with Crippen LogP contribution in [-0.4, -0.2) is 15.2 Å². The molecule has 0 radical (unpaired) electrons. The summed E-state index contributed by atoms with van der Waals surface area (Å²) in [6, 6.07) is 3.77. The van der Waals surface area contributed by atoms with Crippen molar-refractivity contribution in [3.05, 3.63) is 24.2 Å². The number of hydrogen-bond donors (Lipinski definition) is 1. The van der Waals surface area contributed by atoms with E-state index < -0.39 is 0 Å². The highest BCUT2D eigenvalue weighted by Gasteiger charge is 2.04. The number of aryl methyl sites for hydroxylation is 1. The summed E-state index contributed by atoms with van der Waals surface area (Å²) in [6.45, 7) is 1.76. The zero-order chi connectivity index (χ0) is 7.68. The lowest BCUT2D eigenvalue weighted by atomic mass is 10.4. The van der Waals surface area contributed by atoms with E-state index in [0.717, 1.165) is 5.69 Å². The Hall–Kier alpha value is -1.58. The summed E-state index contributed by atoms with van der Waals surface area (Å²) < 4.78 is 5.17. The van der Waals surface area contributed by atoms with E-state index in [9.17, 15) is 0 Å². The Labute approximate surface area is 63.3 Å². The first-order valence-electron chi connectivity index (χ1n) is 3.30. The maximum atomic E-state index is 5.17. The summed E-state index contributed by atoms with van der Waals surface area (Å²) in [5, 5.41) is 7.55. The van der Waals surface area contributed by atoms with Crippen LogP contribution in [-0.2, 0) is 0 Å². The van der Waals surface area contributed by atoms with E-state index in [0.29, 0.717) is 11.8 Å². The monoisotopic (exact) mass is 149 g/mol. The van der Waals surface area contributed by atoms with Gasteiger partial charge in [0.25, 0.3) is 5.89 Å². The van der Waals surface area contributed by atoms with Gasteiger partial charge in [-0.1, -0.05) is 0 Å². The average molecular weight is 149 g/mol.